The van der Waals surface area contributed by atoms with Gasteiger partial charge < -0.3 is 10.0 Å². The van der Waals surface area contributed by atoms with Gasteiger partial charge in [0, 0.05) is 21.6 Å². The molecule has 0 saturated carbocycles. The number of halogens is 3. The Balaban J connectivity index is 1.81. The van der Waals surface area contributed by atoms with Gasteiger partial charge in [0.05, 0.1) is 6.04 Å². The summed E-state index contributed by atoms with van der Waals surface area (Å²) < 4.78 is 14.2. The van der Waals surface area contributed by atoms with E-state index in [0.717, 1.165) is 15.6 Å². The number of nitrogens with zero attached hydrogens (tertiary/aromatic N) is 1. The molecule has 3 nitrogen and oxygen atoms in total. The molecule has 146 valence electrons. The van der Waals surface area contributed by atoms with Gasteiger partial charge in [0.2, 0.25) is 0 Å². The van der Waals surface area contributed by atoms with Crippen molar-refractivity contribution in [2.24, 2.45) is 0 Å². The molecule has 0 saturated heterocycles. The molecule has 1 atom stereocenters. The molecule has 1 N–H and O–H groups in total. The summed E-state index contributed by atoms with van der Waals surface area (Å²) in [5, 5.41) is 11.3. The van der Waals surface area contributed by atoms with Crippen molar-refractivity contribution in [3.8, 4) is 0 Å². The van der Waals surface area contributed by atoms with Crippen molar-refractivity contribution in [2.45, 2.75) is 12.6 Å². The molecule has 1 aliphatic heterocycles. The number of benzene rings is 3. The van der Waals surface area contributed by atoms with Crippen LogP contribution in [0.15, 0.2) is 83.0 Å². The topological polar surface area (TPSA) is 40.5 Å². The molecule has 6 heteroatoms. The molecule has 3 aromatic rings. The predicted octanol–water partition coefficient (Wildman–Crippen LogP) is 6.29. The van der Waals surface area contributed by atoms with Crippen molar-refractivity contribution in [3.63, 3.8) is 0 Å². The van der Waals surface area contributed by atoms with Gasteiger partial charge in [-0.25, -0.2) is 4.39 Å². The maximum Gasteiger partial charge on any atom is 0.290 e. The molecule has 0 radical (unpaired) electrons. The molecular formula is C23H16BrClFNO2. The van der Waals surface area contributed by atoms with E-state index in [4.69, 9.17) is 11.6 Å². The van der Waals surface area contributed by atoms with E-state index in [1.807, 2.05) is 24.3 Å². The molecule has 3 aromatic carbocycles. The standard InChI is InChI=1S/C23H16BrClFNO2/c24-17-3-1-2-16(12-17)21-20(15-6-8-18(25)9-7-15)22(28)23(29)27(21)13-14-4-10-19(26)11-5-14/h1-12,21,28H,13H2/t21-/m0/s1. The second-order valence-electron chi connectivity index (χ2n) is 6.79. The third-order valence-corrected chi connectivity index (χ3v) is 5.63. The highest BCUT2D eigenvalue weighted by atomic mass is 79.9. The third-order valence-electron chi connectivity index (χ3n) is 4.89. The van der Waals surface area contributed by atoms with E-state index in [2.05, 4.69) is 15.9 Å². The van der Waals surface area contributed by atoms with Gasteiger partial charge >= 0.3 is 0 Å². The third kappa shape index (κ3) is 3.93. The van der Waals surface area contributed by atoms with Crippen LogP contribution in [0.5, 0.6) is 0 Å². The number of aliphatic hydroxyl groups is 1. The fourth-order valence-electron chi connectivity index (χ4n) is 3.55. The number of rotatable bonds is 4. The molecule has 0 spiro atoms. The van der Waals surface area contributed by atoms with Crippen molar-refractivity contribution in [2.75, 3.05) is 0 Å². The molecule has 1 heterocycles. The molecule has 0 aliphatic carbocycles. The average molecular weight is 473 g/mol. The highest BCUT2D eigenvalue weighted by molar-refractivity contribution is 9.10. The normalized spacial score (nSPS) is 16.6. The Morgan fingerprint density at radius 1 is 1.03 bits per heavy atom. The first-order chi connectivity index (χ1) is 13.9. The maximum atomic E-state index is 13.3. The highest BCUT2D eigenvalue weighted by Crippen LogP contribution is 2.44. The van der Waals surface area contributed by atoms with Crippen molar-refractivity contribution >= 4 is 39.0 Å². The molecule has 0 bridgehead atoms. The summed E-state index contributed by atoms with van der Waals surface area (Å²) in [6.07, 6.45) is 0. The average Bonchev–Trinajstić information content (AvgIpc) is 2.95. The van der Waals surface area contributed by atoms with Gasteiger partial charge in [0.1, 0.15) is 5.82 Å². The first-order valence-corrected chi connectivity index (χ1v) is 10.1. The lowest BCUT2D eigenvalue weighted by molar-refractivity contribution is -0.130. The Bertz CT molecular complexity index is 1100. The summed E-state index contributed by atoms with van der Waals surface area (Å²) >= 11 is 9.49. The van der Waals surface area contributed by atoms with Crippen LogP contribution in [0, 0.1) is 5.82 Å². The molecule has 29 heavy (non-hydrogen) atoms. The van der Waals surface area contributed by atoms with Crippen LogP contribution in [-0.2, 0) is 11.3 Å². The second-order valence-corrected chi connectivity index (χ2v) is 8.14. The first kappa shape index (κ1) is 19.7. The Hall–Kier alpha value is -2.63. The summed E-state index contributed by atoms with van der Waals surface area (Å²) in [5.74, 6) is -1.10. The van der Waals surface area contributed by atoms with E-state index in [9.17, 15) is 14.3 Å². The summed E-state index contributed by atoms with van der Waals surface area (Å²) in [4.78, 5) is 14.6. The number of hydrogen-bond acceptors (Lipinski definition) is 2. The Morgan fingerprint density at radius 3 is 2.38 bits per heavy atom. The van der Waals surface area contributed by atoms with E-state index in [0.29, 0.717) is 16.2 Å². The Morgan fingerprint density at radius 2 is 1.72 bits per heavy atom. The molecule has 1 aliphatic rings. The number of aliphatic hydroxyl groups excluding tert-OH is 1. The van der Waals surface area contributed by atoms with Crippen molar-refractivity contribution in [1.82, 2.24) is 4.90 Å². The molecule has 0 fully saturated rings. The zero-order valence-corrected chi connectivity index (χ0v) is 17.5. The quantitative estimate of drug-likeness (QED) is 0.484. The van der Waals surface area contributed by atoms with Crippen LogP contribution in [-0.4, -0.2) is 15.9 Å². The molecule has 0 aromatic heterocycles. The van der Waals surface area contributed by atoms with Crippen LogP contribution in [0.4, 0.5) is 4.39 Å². The summed E-state index contributed by atoms with van der Waals surface area (Å²) in [7, 11) is 0. The van der Waals surface area contributed by atoms with E-state index < -0.39 is 11.9 Å². The summed E-state index contributed by atoms with van der Waals surface area (Å²) in [5.41, 5.74) is 2.85. The van der Waals surface area contributed by atoms with Crippen LogP contribution >= 0.6 is 27.5 Å². The Labute approximate surface area is 181 Å². The van der Waals surface area contributed by atoms with Crippen LogP contribution in [0.1, 0.15) is 22.7 Å². The highest BCUT2D eigenvalue weighted by Gasteiger charge is 2.41. The van der Waals surface area contributed by atoms with Crippen molar-refractivity contribution in [1.29, 1.82) is 0 Å². The van der Waals surface area contributed by atoms with Crippen LogP contribution in [0.25, 0.3) is 5.57 Å². The van der Waals surface area contributed by atoms with E-state index in [1.165, 1.54) is 12.1 Å². The lowest BCUT2D eigenvalue weighted by Gasteiger charge is -2.27. The van der Waals surface area contributed by atoms with Gasteiger partial charge in [0.25, 0.3) is 5.91 Å². The van der Waals surface area contributed by atoms with Crippen LogP contribution < -0.4 is 0 Å². The van der Waals surface area contributed by atoms with Gasteiger partial charge in [-0.15, -0.1) is 0 Å². The lowest BCUT2D eigenvalue weighted by Crippen LogP contribution is -2.29. The lowest BCUT2D eigenvalue weighted by atomic mass is 9.93. The second kappa shape index (κ2) is 8.01. The number of hydrogen-bond donors (Lipinski definition) is 1. The monoisotopic (exact) mass is 471 g/mol. The van der Waals surface area contributed by atoms with Gasteiger partial charge in [-0.3, -0.25) is 4.79 Å². The van der Waals surface area contributed by atoms with E-state index in [1.54, 1.807) is 41.3 Å². The summed E-state index contributed by atoms with van der Waals surface area (Å²) in [6, 6.07) is 20.1. The number of carbonyl (C=O) groups is 1. The minimum Gasteiger partial charge on any atom is -0.503 e. The zero-order chi connectivity index (χ0) is 20.5. The summed E-state index contributed by atoms with van der Waals surface area (Å²) in [6.45, 7) is 0.234. The fraction of sp³-hybridized carbons (Fsp3) is 0.0870. The van der Waals surface area contributed by atoms with Gasteiger partial charge in [-0.1, -0.05) is 63.9 Å². The van der Waals surface area contributed by atoms with Crippen molar-refractivity contribution < 1.29 is 14.3 Å². The van der Waals surface area contributed by atoms with Gasteiger partial charge in [-0.2, -0.15) is 0 Å². The Kier molecular flexibility index (Phi) is 5.43. The molecule has 0 unspecified atom stereocenters. The zero-order valence-electron chi connectivity index (χ0n) is 15.1. The van der Waals surface area contributed by atoms with Gasteiger partial charge in [0.15, 0.2) is 5.76 Å². The van der Waals surface area contributed by atoms with Crippen LogP contribution in [0.3, 0.4) is 0 Å². The molecule has 4 rings (SSSR count). The fourth-order valence-corrected chi connectivity index (χ4v) is 4.09. The SMILES string of the molecule is O=C1C(O)=C(c2ccc(Cl)cc2)[C@H](c2cccc(Br)c2)N1Cc1ccc(F)cc1. The van der Waals surface area contributed by atoms with Gasteiger partial charge in [-0.05, 0) is 53.1 Å². The predicted molar refractivity (Wildman–Crippen MR) is 115 cm³/mol. The number of carbonyl (C=O) groups excluding carboxylic acids is 1. The van der Waals surface area contributed by atoms with Crippen LogP contribution in [0.2, 0.25) is 5.02 Å². The van der Waals surface area contributed by atoms with Crippen molar-refractivity contribution in [3.05, 3.63) is 111 Å². The minimum absolute atomic E-state index is 0.234. The minimum atomic E-state index is -0.494. The van der Waals surface area contributed by atoms with E-state index >= 15 is 0 Å². The maximum absolute atomic E-state index is 13.3. The van der Waals surface area contributed by atoms with E-state index in [-0.39, 0.29) is 18.1 Å². The first-order valence-electron chi connectivity index (χ1n) is 8.94. The largest absolute Gasteiger partial charge is 0.503 e. The molecule has 1 amide bonds. The smallest absolute Gasteiger partial charge is 0.290 e. The number of amides is 1. The molecular weight excluding hydrogens is 457 g/mol.